The molecule has 0 aromatic carbocycles. The van der Waals surface area contributed by atoms with Gasteiger partial charge in [-0.1, -0.05) is 46.6 Å². The quantitative estimate of drug-likeness (QED) is 0.425. The number of carboxylic acid groups (broad SMARTS) is 1. The van der Waals surface area contributed by atoms with Crippen molar-refractivity contribution in [3.05, 3.63) is 12.2 Å². The predicted octanol–water partition coefficient (Wildman–Crippen LogP) is 5.52. The van der Waals surface area contributed by atoms with Crippen LogP contribution in [0, 0.1) is 0 Å². The summed E-state index contributed by atoms with van der Waals surface area (Å²) < 4.78 is 0. The van der Waals surface area contributed by atoms with Gasteiger partial charge in [0.15, 0.2) is 0 Å². The van der Waals surface area contributed by atoms with Crippen LogP contribution in [0.3, 0.4) is 0 Å². The van der Waals surface area contributed by atoms with Crippen LogP contribution in [0.4, 0.5) is 0 Å². The van der Waals surface area contributed by atoms with Crippen molar-refractivity contribution >= 4 is 13.9 Å². The maximum Gasteiger partial charge on any atom is 0.330 e. The van der Waals surface area contributed by atoms with Crippen LogP contribution in [0.2, 0.25) is 0 Å². The van der Waals surface area contributed by atoms with Crippen molar-refractivity contribution in [2.24, 2.45) is 0 Å². The molecule has 0 amide bonds. The number of carboxylic acids is 1. The zero-order valence-corrected chi connectivity index (χ0v) is 14.3. The van der Waals surface area contributed by atoms with Gasteiger partial charge in [0.1, 0.15) is 0 Å². The number of rotatable bonds is 10. The third kappa shape index (κ3) is 17.6. The van der Waals surface area contributed by atoms with Crippen LogP contribution >= 0.6 is 7.92 Å². The van der Waals surface area contributed by atoms with Gasteiger partial charge in [-0.05, 0) is 44.7 Å². The molecule has 0 fully saturated rings. The lowest BCUT2D eigenvalue weighted by atomic mass is 10.4. The first-order chi connectivity index (χ1) is 8.99. The molecule has 1 N–H and O–H groups in total. The fraction of sp³-hybridized carbons (Fsp3) is 0.812. The highest BCUT2D eigenvalue weighted by Crippen LogP contribution is 2.38. The van der Waals surface area contributed by atoms with Crippen LogP contribution in [0.25, 0.3) is 0 Å². The zero-order chi connectivity index (χ0) is 15.1. The third-order valence-electron chi connectivity index (χ3n) is 2.85. The average molecular weight is 288 g/mol. The summed E-state index contributed by atoms with van der Waals surface area (Å²) in [4.78, 5) is 9.60. The lowest BCUT2D eigenvalue weighted by Crippen LogP contribution is -1.95. The van der Waals surface area contributed by atoms with Gasteiger partial charge in [0.2, 0.25) is 0 Å². The van der Waals surface area contributed by atoms with Crippen molar-refractivity contribution < 1.29 is 9.90 Å². The molecule has 3 heteroatoms. The summed E-state index contributed by atoms with van der Waals surface area (Å²) in [7, 11) is 0.422. The Morgan fingerprint density at radius 2 is 1.21 bits per heavy atom. The van der Waals surface area contributed by atoms with E-state index in [-0.39, 0.29) is 5.57 Å². The molecule has 0 atom stereocenters. The second kappa shape index (κ2) is 15.7. The van der Waals surface area contributed by atoms with E-state index in [2.05, 4.69) is 27.4 Å². The normalized spacial score (nSPS) is 9.95. The van der Waals surface area contributed by atoms with E-state index >= 15 is 0 Å². The van der Waals surface area contributed by atoms with Crippen molar-refractivity contribution in [2.75, 3.05) is 18.5 Å². The van der Waals surface area contributed by atoms with E-state index < -0.39 is 5.97 Å². The van der Waals surface area contributed by atoms with Crippen LogP contribution < -0.4 is 0 Å². The van der Waals surface area contributed by atoms with Gasteiger partial charge in [-0.2, -0.15) is 0 Å². The summed E-state index contributed by atoms with van der Waals surface area (Å²) in [5, 5.41) is 7.89. The van der Waals surface area contributed by atoms with Crippen LogP contribution in [0.1, 0.15) is 66.2 Å². The van der Waals surface area contributed by atoms with E-state index in [4.69, 9.17) is 5.11 Å². The summed E-state index contributed by atoms with van der Waals surface area (Å²) in [5.41, 5.74) is 0.176. The van der Waals surface area contributed by atoms with Crippen LogP contribution in [0.15, 0.2) is 12.2 Å². The average Bonchev–Trinajstić information content (AvgIpc) is 2.38. The SMILES string of the molecule is C=C(C)C(=O)O.CCCCP(CCCC)CCCC. The second-order valence-electron chi connectivity index (χ2n) is 4.99. The Hall–Kier alpha value is -0.360. The van der Waals surface area contributed by atoms with Gasteiger partial charge in [-0.25, -0.2) is 4.79 Å². The Bertz CT molecular complexity index is 196. The highest BCUT2D eigenvalue weighted by molar-refractivity contribution is 7.57. The highest BCUT2D eigenvalue weighted by atomic mass is 31.1. The summed E-state index contributed by atoms with van der Waals surface area (Å²) in [6.07, 6.45) is 13.2. The van der Waals surface area contributed by atoms with Crippen molar-refractivity contribution in [1.82, 2.24) is 0 Å². The van der Waals surface area contributed by atoms with Gasteiger partial charge in [-0.15, -0.1) is 7.92 Å². The molecule has 0 radical (unpaired) electrons. The molecule has 0 aliphatic heterocycles. The van der Waals surface area contributed by atoms with Gasteiger partial charge in [0, 0.05) is 5.57 Å². The maximum atomic E-state index is 9.60. The minimum Gasteiger partial charge on any atom is -0.478 e. The topological polar surface area (TPSA) is 37.3 Å². The maximum absolute atomic E-state index is 9.60. The minimum atomic E-state index is -0.935. The lowest BCUT2D eigenvalue weighted by Gasteiger charge is -2.16. The third-order valence-corrected chi connectivity index (χ3v) is 5.69. The molecule has 0 unspecified atom stereocenters. The van der Waals surface area contributed by atoms with E-state index in [9.17, 15) is 4.79 Å². The first-order valence-electron chi connectivity index (χ1n) is 7.60. The van der Waals surface area contributed by atoms with E-state index in [1.165, 1.54) is 45.4 Å². The Balaban J connectivity index is 0. The molecule has 0 aromatic heterocycles. The first kappa shape index (κ1) is 20.9. The van der Waals surface area contributed by atoms with Crippen molar-refractivity contribution in [3.8, 4) is 0 Å². The van der Waals surface area contributed by atoms with E-state index in [0.717, 1.165) is 0 Å². The summed E-state index contributed by atoms with van der Waals surface area (Å²) in [6, 6.07) is 0. The molecule has 0 spiro atoms. The number of hydrogen-bond acceptors (Lipinski definition) is 1. The number of unbranched alkanes of at least 4 members (excludes halogenated alkanes) is 3. The summed E-state index contributed by atoms with van der Waals surface area (Å²) >= 11 is 0. The Morgan fingerprint density at radius 3 is 1.37 bits per heavy atom. The van der Waals surface area contributed by atoms with Crippen molar-refractivity contribution in [2.45, 2.75) is 66.2 Å². The van der Waals surface area contributed by atoms with Gasteiger partial charge in [-0.3, -0.25) is 0 Å². The zero-order valence-electron chi connectivity index (χ0n) is 13.4. The molecule has 0 saturated carbocycles. The van der Waals surface area contributed by atoms with Crippen molar-refractivity contribution in [1.29, 1.82) is 0 Å². The molecule has 0 rings (SSSR count). The standard InChI is InChI=1S/C12H27P.C4H6O2/c1-4-7-10-13(11-8-5-2)12-9-6-3;1-3(2)4(5)6/h4-12H2,1-3H3;1H2,2H3,(H,5,6). The minimum absolute atomic E-state index is 0.176. The molecule has 0 aliphatic rings. The number of carbonyl (C=O) groups is 1. The molecular weight excluding hydrogens is 255 g/mol. The van der Waals surface area contributed by atoms with E-state index in [0.29, 0.717) is 7.92 Å². The van der Waals surface area contributed by atoms with E-state index in [1.807, 2.05) is 0 Å². The smallest absolute Gasteiger partial charge is 0.330 e. The monoisotopic (exact) mass is 288 g/mol. The molecule has 0 saturated heterocycles. The van der Waals surface area contributed by atoms with Gasteiger partial charge in [0.25, 0.3) is 0 Å². The largest absolute Gasteiger partial charge is 0.478 e. The number of aliphatic carboxylic acids is 1. The summed E-state index contributed by atoms with van der Waals surface area (Å²) in [6.45, 7) is 11.5. The van der Waals surface area contributed by atoms with Crippen LogP contribution in [-0.2, 0) is 4.79 Å². The molecule has 0 aliphatic carbocycles. The Morgan fingerprint density at radius 1 is 0.947 bits per heavy atom. The molecular formula is C16H33O2P. The molecule has 19 heavy (non-hydrogen) atoms. The Labute approximate surface area is 121 Å². The number of hydrogen-bond donors (Lipinski definition) is 1. The highest BCUT2D eigenvalue weighted by Gasteiger charge is 2.05. The summed E-state index contributed by atoms with van der Waals surface area (Å²) in [5.74, 6) is -0.935. The molecule has 0 heterocycles. The van der Waals surface area contributed by atoms with Crippen molar-refractivity contribution in [3.63, 3.8) is 0 Å². The fourth-order valence-corrected chi connectivity index (χ4v) is 4.44. The molecule has 0 bridgehead atoms. The van der Waals surface area contributed by atoms with Gasteiger partial charge < -0.3 is 5.11 Å². The molecule has 0 aromatic rings. The molecule has 114 valence electrons. The molecule has 2 nitrogen and oxygen atoms in total. The fourth-order valence-electron chi connectivity index (χ4n) is 1.48. The van der Waals surface area contributed by atoms with Gasteiger partial charge >= 0.3 is 5.97 Å². The van der Waals surface area contributed by atoms with Crippen LogP contribution in [0.5, 0.6) is 0 Å². The van der Waals surface area contributed by atoms with E-state index in [1.54, 1.807) is 18.5 Å². The Kier molecular flexibility index (Phi) is 17.3. The van der Waals surface area contributed by atoms with Gasteiger partial charge in [0.05, 0.1) is 0 Å². The lowest BCUT2D eigenvalue weighted by molar-refractivity contribution is -0.132. The predicted molar refractivity (Wildman–Crippen MR) is 88.7 cm³/mol. The second-order valence-corrected chi connectivity index (χ2v) is 7.67. The first-order valence-corrected chi connectivity index (χ1v) is 9.50. The van der Waals surface area contributed by atoms with Crippen LogP contribution in [-0.4, -0.2) is 29.6 Å².